The van der Waals surface area contributed by atoms with E-state index in [1.165, 1.54) is 0 Å². The van der Waals surface area contributed by atoms with Crippen LogP contribution in [0, 0.1) is 0 Å². The molecule has 0 aromatic heterocycles. The summed E-state index contributed by atoms with van der Waals surface area (Å²) in [5.74, 6) is 1.21. The van der Waals surface area contributed by atoms with E-state index in [4.69, 9.17) is 9.47 Å². The summed E-state index contributed by atoms with van der Waals surface area (Å²) in [6, 6.07) is 5.15. The number of rotatable bonds is 4. The summed E-state index contributed by atoms with van der Waals surface area (Å²) in [5.41, 5.74) is 0.767. The molecule has 0 bridgehead atoms. The fraction of sp³-hybridized carbons (Fsp3) is 0.455. The third kappa shape index (κ3) is 3.84. The summed E-state index contributed by atoms with van der Waals surface area (Å²) >= 11 is 0. The maximum Gasteiger partial charge on any atom is 1.00 e. The molecule has 8 heteroatoms. The molecule has 19 heavy (non-hydrogen) atoms. The summed E-state index contributed by atoms with van der Waals surface area (Å²) in [6.07, 6.45) is 0.0869. The van der Waals surface area contributed by atoms with Crippen LogP contribution in [0.3, 0.4) is 0 Å². The first-order valence-corrected chi connectivity index (χ1v) is 6.77. The van der Waals surface area contributed by atoms with E-state index >= 15 is 0 Å². The van der Waals surface area contributed by atoms with Gasteiger partial charge >= 0.3 is 29.6 Å². The Labute approximate surface area is 133 Å². The number of aryl methyl sites for hydroxylation is 1. The standard InChI is InChI=1S/C11H14O6S.Na/c1-11(12,18(13,14)15)5-4-8-2-3-9-10(6-8)17-7-16-9;/h2-3,6,12H,4-5,7H2,1H3,(H,13,14,15);/q;+1/p-1. The van der Waals surface area contributed by atoms with Gasteiger partial charge in [0.2, 0.25) is 6.79 Å². The zero-order chi connectivity index (χ0) is 13.4. The number of ether oxygens (including phenoxy) is 2. The molecule has 0 saturated heterocycles. The maximum atomic E-state index is 10.8. The van der Waals surface area contributed by atoms with Crippen LogP contribution in [0.15, 0.2) is 18.2 Å². The SMILES string of the molecule is CC(O)(CCc1ccc2c(c1)OCO2)S(=O)(=O)[O-].[Na+]. The van der Waals surface area contributed by atoms with Gasteiger partial charge in [-0.25, -0.2) is 8.42 Å². The van der Waals surface area contributed by atoms with Crippen LogP contribution in [0.4, 0.5) is 0 Å². The van der Waals surface area contributed by atoms with Crippen LogP contribution in [0.25, 0.3) is 0 Å². The van der Waals surface area contributed by atoms with Crippen molar-refractivity contribution in [2.75, 3.05) is 6.79 Å². The molecule has 1 aliphatic heterocycles. The van der Waals surface area contributed by atoms with Crippen molar-refractivity contribution in [3.05, 3.63) is 23.8 Å². The largest absolute Gasteiger partial charge is 1.00 e. The van der Waals surface area contributed by atoms with Crippen LogP contribution in [0.1, 0.15) is 18.9 Å². The molecule has 1 aromatic carbocycles. The van der Waals surface area contributed by atoms with Crippen molar-refractivity contribution in [1.82, 2.24) is 0 Å². The van der Waals surface area contributed by atoms with Crippen LogP contribution in [0.5, 0.6) is 11.5 Å². The van der Waals surface area contributed by atoms with Gasteiger partial charge in [-0.15, -0.1) is 0 Å². The molecule has 1 aliphatic rings. The number of fused-ring (bicyclic) bond motifs is 1. The van der Waals surface area contributed by atoms with Gasteiger partial charge in [-0.2, -0.15) is 0 Å². The fourth-order valence-electron chi connectivity index (χ4n) is 1.60. The fourth-order valence-corrected chi connectivity index (χ4v) is 1.95. The molecule has 1 aromatic rings. The second-order valence-electron chi connectivity index (χ2n) is 4.32. The Kier molecular flexibility index (Phi) is 5.28. The Bertz CT molecular complexity index is 554. The minimum absolute atomic E-state index is 0. The topological polar surface area (TPSA) is 95.9 Å². The van der Waals surface area contributed by atoms with Crippen molar-refractivity contribution < 1.29 is 57.1 Å². The van der Waals surface area contributed by atoms with E-state index < -0.39 is 15.1 Å². The normalized spacial score (nSPS) is 16.6. The molecule has 2 rings (SSSR count). The van der Waals surface area contributed by atoms with Gasteiger partial charge in [-0.05, 0) is 37.5 Å². The minimum Gasteiger partial charge on any atom is -0.746 e. The van der Waals surface area contributed by atoms with Gasteiger partial charge in [-0.3, -0.25) is 0 Å². The van der Waals surface area contributed by atoms with E-state index in [1.54, 1.807) is 18.2 Å². The summed E-state index contributed by atoms with van der Waals surface area (Å²) in [7, 11) is -4.73. The van der Waals surface area contributed by atoms with E-state index in [1.807, 2.05) is 0 Å². The number of benzene rings is 1. The third-order valence-corrected chi connectivity index (χ3v) is 4.13. The van der Waals surface area contributed by atoms with E-state index in [0.717, 1.165) is 12.5 Å². The molecule has 100 valence electrons. The first-order valence-electron chi connectivity index (χ1n) is 5.36. The molecule has 0 radical (unpaired) electrons. The van der Waals surface area contributed by atoms with Crippen molar-refractivity contribution in [2.24, 2.45) is 0 Å². The van der Waals surface area contributed by atoms with Gasteiger partial charge in [0.05, 0.1) is 0 Å². The van der Waals surface area contributed by atoms with Crippen molar-refractivity contribution in [1.29, 1.82) is 0 Å². The number of hydrogen-bond acceptors (Lipinski definition) is 6. The summed E-state index contributed by atoms with van der Waals surface area (Å²) < 4.78 is 42.7. The molecule has 6 nitrogen and oxygen atoms in total. The second-order valence-corrected chi connectivity index (χ2v) is 6.10. The summed E-state index contributed by atoms with van der Waals surface area (Å²) in [5, 5.41) is 9.55. The predicted octanol–water partition coefficient (Wildman–Crippen LogP) is -2.39. The molecular weight excluding hydrogens is 283 g/mol. The summed E-state index contributed by atoms with van der Waals surface area (Å²) in [4.78, 5) is -2.26. The zero-order valence-electron chi connectivity index (χ0n) is 10.8. The van der Waals surface area contributed by atoms with Gasteiger partial charge in [0.15, 0.2) is 16.4 Å². The van der Waals surface area contributed by atoms with Crippen molar-refractivity contribution in [2.45, 2.75) is 24.7 Å². The molecule has 1 atom stereocenters. The Balaban J connectivity index is 0.00000180. The van der Waals surface area contributed by atoms with Gasteiger partial charge in [0.1, 0.15) is 10.1 Å². The van der Waals surface area contributed by atoms with Crippen LogP contribution in [-0.2, 0) is 16.5 Å². The monoisotopic (exact) mass is 296 g/mol. The van der Waals surface area contributed by atoms with Crippen LogP contribution in [0.2, 0.25) is 0 Å². The van der Waals surface area contributed by atoms with Crippen molar-refractivity contribution in [3.63, 3.8) is 0 Å². The molecule has 1 unspecified atom stereocenters. The van der Waals surface area contributed by atoms with E-state index in [0.29, 0.717) is 11.5 Å². The van der Waals surface area contributed by atoms with Gasteiger partial charge in [0.25, 0.3) is 0 Å². The quantitative estimate of drug-likeness (QED) is 0.492. The van der Waals surface area contributed by atoms with E-state index in [-0.39, 0.29) is 49.2 Å². The predicted molar refractivity (Wildman–Crippen MR) is 61.2 cm³/mol. The molecule has 0 spiro atoms. The smallest absolute Gasteiger partial charge is 0.746 e. The van der Waals surface area contributed by atoms with E-state index in [2.05, 4.69) is 0 Å². The summed E-state index contributed by atoms with van der Waals surface area (Å²) in [6.45, 7) is 1.16. The molecule has 0 fully saturated rings. The Hall–Kier alpha value is -0.310. The molecule has 1 N–H and O–H groups in total. The Morgan fingerprint density at radius 1 is 1.37 bits per heavy atom. The molecule has 0 amide bonds. The Morgan fingerprint density at radius 2 is 2.00 bits per heavy atom. The van der Waals surface area contributed by atoms with Crippen LogP contribution in [-0.4, -0.2) is 29.8 Å². The van der Waals surface area contributed by atoms with Crippen molar-refractivity contribution >= 4 is 10.1 Å². The minimum atomic E-state index is -4.73. The first-order chi connectivity index (χ1) is 8.29. The zero-order valence-corrected chi connectivity index (χ0v) is 13.6. The molecule has 1 heterocycles. The first kappa shape index (κ1) is 16.7. The van der Waals surface area contributed by atoms with E-state index in [9.17, 15) is 18.1 Å². The van der Waals surface area contributed by atoms with Gasteiger partial charge < -0.3 is 19.1 Å². The number of hydrogen-bond donors (Lipinski definition) is 1. The Morgan fingerprint density at radius 3 is 2.63 bits per heavy atom. The van der Waals surface area contributed by atoms with Gasteiger partial charge in [0, 0.05) is 0 Å². The van der Waals surface area contributed by atoms with Gasteiger partial charge in [-0.1, -0.05) is 6.07 Å². The average Bonchev–Trinajstić information content (AvgIpc) is 2.71. The molecule has 0 aliphatic carbocycles. The van der Waals surface area contributed by atoms with Crippen LogP contribution < -0.4 is 39.0 Å². The third-order valence-electron chi connectivity index (χ3n) is 2.85. The van der Waals surface area contributed by atoms with Crippen LogP contribution >= 0.6 is 0 Å². The molecular formula is C11H13NaO6S. The van der Waals surface area contributed by atoms with Crippen molar-refractivity contribution in [3.8, 4) is 11.5 Å². The molecule has 0 saturated carbocycles. The average molecular weight is 296 g/mol. The maximum absolute atomic E-state index is 10.8. The second kappa shape index (κ2) is 5.99. The number of aliphatic hydroxyl groups is 1.